The van der Waals surface area contributed by atoms with E-state index in [1.165, 1.54) is 17.7 Å². The highest BCUT2D eigenvalue weighted by Gasteiger charge is 2.20. The minimum Gasteiger partial charge on any atom is -0.389 e. The molecule has 0 saturated carbocycles. The van der Waals surface area contributed by atoms with Gasteiger partial charge in [-0.15, -0.1) is 0 Å². The SMILES string of the molecule is CCN(CC(C)C)c1nc2c(cc1C(N)=S)CCC2. The number of nitrogens with two attached hydrogens (primary N) is 1. The highest BCUT2D eigenvalue weighted by molar-refractivity contribution is 7.80. The topological polar surface area (TPSA) is 42.2 Å². The van der Waals surface area contributed by atoms with Crippen LogP contribution in [0.15, 0.2) is 6.07 Å². The first-order valence-corrected chi connectivity index (χ1v) is 7.51. The van der Waals surface area contributed by atoms with E-state index in [1.807, 2.05) is 0 Å². The van der Waals surface area contributed by atoms with Crippen molar-refractivity contribution < 1.29 is 0 Å². The van der Waals surface area contributed by atoms with Crippen molar-refractivity contribution in [3.63, 3.8) is 0 Å². The Balaban J connectivity index is 2.44. The van der Waals surface area contributed by atoms with Crippen LogP contribution >= 0.6 is 12.2 Å². The Morgan fingerprint density at radius 1 is 1.47 bits per heavy atom. The summed E-state index contributed by atoms with van der Waals surface area (Å²) in [6, 6.07) is 2.16. The van der Waals surface area contributed by atoms with Crippen molar-refractivity contribution in [2.45, 2.75) is 40.0 Å². The Morgan fingerprint density at radius 3 is 2.79 bits per heavy atom. The summed E-state index contributed by atoms with van der Waals surface area (Å²) in [4.78, 5) is 7.60. The van der Waals surface area contributed by atoms with Gasteiger partial charge in [-0.3, -0.25) is 0 Å². The Labute approximate surface area is 121 Å². The van der Waals surface area contributed by atoms with Crippen molar-refractivity contribution in [1.29, 1.82) is 0 Å². The van der Waals surface area contributed by atoms with E-state index in [2.05, 4.69) is 31.7 Å². The molecule has 0 bridgehead atoms. The number of pyridine rings is 1. The molecule has 1 aliphatic rings. The molecule has 104 valence electrons. The zero-order valence-electron chi connectivity index (χ0n) is 12.1. The van der Waals surface area contributed by atoms with Crippen molar-refractivity contribution in [3.05, 3.63) is 22.9 Å². The summed E-state index contributed by atoms with van der Waals surface area (Å²) in [5, 5.41) is 0. The molecule has 0 fully saturated rings. The van der Waals surface area contributed by atoms with E-state index in [4.69, 9.17) is 22.9 Å². The molecule has 0 atom stereocenters. The minimum atomic E-state index is 0.458. The lowest BCUT2D eigenvalue weighted by Gasteiger charge is -2.26. The van der Waals surface area contributed by atoms with Crippen LogP contribution in [-0.2, 0) is 12.8 Å². The van der Waals surface area contributed by atoms with Crippen LogP contribution < -0.4 is 10.6 Å². The van der Waals surface area contributed by atoms with Gasteiger partial charge in [-0.05, 0) is 43.7 Å². The molecule has 1 aliphatic carbocycles. The Kier molecular flexibility index (Phi) is 4.40. The van der Waals surface area contributed by atoms with E-state index in [1.54, 1.807) is 0 Å². The Bertz CT molecular complexity index is 483. The number of anilines is 1. The van der Waals surface area contributed by atoms with Gasteiger partial charge in [-0.2, -0.15) is 0 Å². The zero-order chi connectivity index (χ0) is 14.0. The number of aromatic nitrogens is 1. The normalized spacial score (nSPS) is 13.7. The monoisotopic (exact) mass is 277 g/mol. The molecule has 0 aromatic carbocycles. The molecule has 1 aromatic rings. The van der Waals surface area contributed by atoms with Crippen molar-refractivity contribution in [2.24, 2.45) is 11.7 Å². The van der Waals surface area contributed by atoms with Crippen molar-refractivity contribution in [1.82, 2.24) is 4.98 Å². The van der Waals surface area contributed by atoms with Crippen LogP contribution in [0, 0.1) is 5.92 Å². The summed E-state index contributed by atoms with van der Waals surface area (Å²) in [5.74, 6) is 1.57. The van der Waals surface area contributed by atoms with Crippen LogP contribution in [0.4, 0.5) is 5.82 Å². The summed E-state index contributed by atoms with van der Waals surface area (Å²) >= 11 is 5.21. The quantitative estimate of drug-likeness (QED) is 0.840. The molecule has 0 spiro atoms. The number of thiocarbonyl (C=S) groups is 1. The molecule has 1 aromatic heterocycles. The fourth-order valence-corrected chi connectivity index (χ4v) is 2.84. The summed E-state index contributed by atoms with van der Waals surface area (Å²) < 4.78 is 0. The summed E-state index contributed by atoms with van der Waals surface area (Å²) in [6.45, 7) is 8.51. The van der Waals surface area contributed by atoms with Crippen LogP contribution in [0.5, 0.6) is 0 Å². The van der Waals surface area contributed by atoms with Crippen molar-refractivity contribution in [2.75, 3.05) is 18.0 Å². The van der Waals surface area contributed by atoms with Gasteiger partial charge in [0.25, 0.3) is 0 Å². The van der Waals surface area contributed by atoms with Crippen LogP contribution in [0.2, 0.25) is 0 Å². The van der Waals surface area contributed by atoms with Crippen LogP contribution in [-0.4, -0.2) is 23.1 Å². The maximum Gasteiger partial charge on any atom is 0.139 e. The molecular formula is C15H23N3S. The zero-order valence-corrected chi connectivity index (χ0v) is 12.9. The lowest BCUT2D eigenvalue weighted by Crippen LogP contribution is -2.31. The fourth-order valence-electron chi connectivity index (χ4n) is 2.69. The molecule has 0 saturated heterocycles. The van der Waals surface area contributed by atoms with E-state index in [-0.39, 0.29) is 0 Å². The number of fused-ring (bicyclic) bond motifs is 1. The predicted molar refractivity (Wildman–Crippen MR) is 84.9 cm³/mol. The first-order valence-electron chi connectivity index (χ1n) is 7.10. The number of hydrogen-bond acceptors (Lipinski definition) is 3. The molecular weight excluding hydrogens is 254 g/mol. The second kappa shape index (κ2) is 5.87. The van der Waals surface area contributed by atoms with Gasteiger partial charge in [-0.25, -0.2) is 4.98 Å². The highest BCUT2D eigenvalue weighted by atomic mass is 32.1. The molecule has 2 rings (SSSR count). The average Bonchev–Trinajstić information content (AvgIpc) is 2.81. The number of hydrogen-bond donors (Lipinski definition) is 1. The van der Waals surface area contributed by atoms with E-state index in [0.29, 0.717) is 10.9 Å². The van der Waals surface area contributed by atoms with Gasteiger partial charge in [0.1, 0.15) is 10.8 Å². The lowest BCUT2D eigenvalue weighted by molar-refractivity contribution is 0.613. The molecule has 19 heavy (non-hydrogen) atoms. The Morgan fingerprint density at radius 2 is 2.21 bits per heavy atom. The number of aryl methyl sites for hydroxylation is 2. The summed E-state index contributed by atoms with van der Waals surface area (Å²) in [5.41, 5.74) is 9.40. The molecule has 0 unspecified atom stereocenters. The molecule has 0 aliphatic heterocycles. The van der Waals surface area contributed by atoms with Gasteiger partial charge < -0.3 is 10.6 Å². The molecule has 0 amide bonds. The number of nitrogens with zero attached hydrogens (tertiary/aromatic N) is 2. The van der Waals surface area contributed by atoms with Gasteiger partial charge in [0.2, 0.25) is 0 Å². The van der Waals surface area contributed by atoms with Crippen LogP contribution in [0.1, 0.15) is 44.0 Å². The largest absolute Gasteiger partial charge is 0.389 e. The summed E-state index contributed by atoms with van der Waals surface area (Å²) in [7, 11) is 0. The predicted octanol–water partition coefficient (Wildman–Crippen LogP) is 2.69. The molecule has 2 N–H and O–H groups in total. The Hall–Kier alpha value is -1.16. The maximum absolute atomic E-state index is 5.90. The highest BCUT2D eigenvalue weighted by Crippen LogP contribution is 2.27. The lowest BCUT2D eigenvalue weighted by atomic mass is 10.1. The first kappa shape index (κ1) is 14.3. The van der Waals surface area contributed by atoms with Crippen LogP contribution in [0.3, 0.4) is 0 Å². The second-order valence-electron chi connectivity index (χ2n) is 5.62. The van der Waals surface area contributed by atoms with E-state index in [0.717, 1.165) is 37.3 Å². The standard InChI is InChI=1S/C15H23N3S/c1-4-18(9-10(2)3)15-12(14(16)19)8-11-6-5-7-13(11)17-15/h8,10H,4-7,9H2,1-3H3,(H2,16,19). The van der Waals surface area contributed by atoms with E-state index in [9.17, 15) is 0 Å². The third-order valence-corrected chi connectivity index (χ3v) is 3.78. The smallest absolute Gasteiger partial charge is 0.139 e. The minimum absolute atomic E-state index is 0.458. The van der Waals surface area contributed by atoms with Gasteiger partial charge in [0, 0.05) is 18.8 Å². The van der Waals surface area contributed by atoms with Gasteiger partial charge >= 0.3 is 0 Å². The van der Waals surface area contributed by atoms with Gasteiger partial charge in [0.05, 0.1) is 5.56 Å². The average molecular weight is 277 g/mol. The molecule has 0 radical (unpaired) electrons. The maximum atomic E-state index is 5.90. The first-order chi connectivity index (χ1) is 9.02. The van der Waals surface area contributed by atoms with E-state index >= 15 is 0 Å². The van der Waals surface area contributed by atoms with Gasteiger partial charge in [0.15, 0.2) is 0 Å². The van der Waals surface area contributed by atoms with Crippen molar-refractivity contribution in [3.8, 4) is 0 Å². The van der Waals surface area contributed by atoms with Crippen LogP contribution in [0.25, 0.3) is 0 Å². The molecule has 4 heteroatoms. The van der Waals surface area contributed by atoms with Crippen molar-refractivity contribution >= 4 is 23.0 Å². The molecule has 3 nitrogen and oxygen atoms in total. The third-order valence-electron chi connectivity index (χ3n) is 3.56. The third kappa shape index (κ3) is 3.06. The number of rotatable bonds is 5. The van der Waals surface area contributed by atoms with E-state index < -0.39 is 0 Å². The van der Waals surface area contributed by atoms with Gasteiger partial charge in [-0.1, -0.05) is 26.1 Å². The molecule has 1 heterocycles. The fraction of sp³-hybridized carbons (Fsp3) is 0.600. The second-order valence-corrected chi connectivity index (χ2v) is 6.06. The summed E-state index contributed by atoms with van der Waals surface area (Å²) in [6.07, 6.45) is 3.38.